The van der Waals surface area contributed by atoms with Gasteiger partial charge >= 0.3 is 0 Å². The Bertz CT molecular complexity index is 736. The highest BCUT2D eigenvalue weighted by Crippen LogP contribution is 2.23. The number of ether oxygens (including phenoxy) is 1. The number of methoxy groups -OCH3 is 1. The van der Waals surface area contributed by atoms with E-state index < -0.39 is 0 Å². The molecule has 2 aromatic rings. The number of nitrogens with one attached hydrogen (secondary N) is 1. The molecular weight excluding hydrogens is 328 g/mol. The lowest BCUT2D eigenvalue weighted by Gasteiger charge is -2.30. The predicted octanol–water partition coefficient (Wildman–Crippen LogP) is 3.23. The number of piperidine rings is 1. The summed E-state index contributed by atoms with van der Waals surface area (Å²) in [6.07, 6.45) is 1.56. The summed E-state index contributed by atoms with van der Waals surface area (Å²) in [5, 5.41) is 2.90. The molecule has 5 heteroatoms. The summed E-state index contributed by atoms with van der Waals surface area (Å²) >= 11 is 0. The van der Waals surface area contributed by atoms with E-state index in [1.165, 1.54) is 0 Å². The smallest absolute Gasteiger partial charge is 0.238 e. The van der Waals surface area contributed by atoms with Crippen LogP contribution in [0.25, 0.3) is 0 Å². The Kier molecular flexibility index (Phi) is 6.02. The van der Waals surface area contributed by atoms with Crippen molar-refractivity contribution in [3.05, 3.63) is 60.2 Å². The van der Waals surface area contributed by atoms with E-state index in [4.69, 9.17) is 4.74 Å². The zero-order chi connectivity index (χ0) is 18.4. The largest absolute Gasteiger partial charge is 0.497 e. The van der Waals surface area contributed by atoms with Gasteiger partial charge in [0, 0.05) is 17.2 Å². The Labute approximate surface area is 154 Å². The highest BCUT2D eigenvalue weighted by molar-refractivity contribution is 5.98. The second kappa shape index (κ2) is 8.63. The molecule has 0 aromatic heterocycles. The van der Waals surface area contributed by atoms with Crippen molar-refractivity contribution in [1.29, 1.82) is 0 Å². The maximum Gasteiger partial charge on any atom is 0.238 e. The van der Waals surface area contributed by atoms with E-state index in [-0.39, 0.29) is 17.6 Å². The van der Waals surface area contributed by atoms with Crippen LogP contribution in [0, 0.1) is 5.92 Å². The fourth-order valence-electron chi connectivity index (χ4n) is 3.27. The lowest BCUT2D eigenvalue weighted by Crippen LogP contribution is -2.40. The highest BCUT2D eigenvalue weighted by Gasteiger charge is 2.26. The molecule has 1 N–H and O–H groups in total. The van der Waals surface area contributed by atoms with Crippen LogP contribution in [0.15, 0.2) is 54.6 Å². The van der Waals surface area contributed by atoms with E-state index in [2.05, 4.69) is 10.2 Å². The average molecular weight is 352 g/mol. The number of likely N-dealkylation sites (tertiary alicyclic amines) is 1. The molecular formula is C21H24N2O3. The lowest BCUT2D eigenvalue weighted by molar-refractivity contribution is -0.117. The minimum absolute atomic E-state index is 0.0175. The fourth-order valence-corrected chi connectivity index (χ4v) is 3.27. The quantitative estimate of drug-likeness (QED) is 0.811. The standard InChI is InChI=1S/C21H24N2O3/c1-26-19-9-7-16(8-10-19)21(25)17-11-13-23(14-12-17)15-20(24)22-18-5-3-2-4-6-18/h2-10,17H,11-15H2,1H3,(H,22,24). The van der Waals surface area contributed by atoms with E-state index in [9.17, 15) is 9.59 Å². The average Bonchev–Trinajstić information content (AvgIpc) is 2.69. The maximum atomic E-state index is 12.6. The number of benzene rings is 2. The number of amides is 1. The van der Waals surface area contributed by atoms with Crippen LogP contribution in [-0.2, 0) is 4.79 Å². The molecule has 1 fully saturated rings. The first-order valence-corrected chi connectivity index (χ1v) is 8.91. The molecule has 1 heterocycles. The van der Waals surface area contributed by atoms with E-state index in [0.29, 0.717) is 6.54 Å². The van der Waals surface area contributed by atoms with Crippen LogP contribution in [0.3, 0.4) is 0 Å². The molecule has 0 saturated carbocycles. The number of hydrogen-bond donors (Lipinski definition) is 1. The van der Waals surface area contributed by atoms with Crippen molar-refractivity contribution in [2.45, 2.75) is 12.8 Å². The van der Waals surface area contributed by atoms with Gasteiger partial charge in [0.15, 0.2) is 5.78 Å². The van der Waals surface area contributed by atoms with Crippen LogP contribution in [0.5, 0.6) is 5.75 Å². The molecule has 0 aliphatic carbocycles. The van der Waals surface area contributed by atoms with Gasteiger partial charge in [-0.2, -0.15) is 0 Å². The van der Waals surface area contributed by atoms with Crippen LogP contribution < -0.4 is 10.1 Å². The normalized spacial score (nSPS) is 15.4. The van der Waals surface area contributed by atoms with Crippen molar-refractivity contribution in [2.24, 2.45) is 5.92 Å². The molecule has 0 unspecified atom stereocenters. The van der Waals surface area contributed by atoms with Crippen molar-refractivity contribution < 1.29 is 14.3 Å². The minimum Gasteiger partial charge on any atom is -0.497 e. The fraction of sp³-hybridized carbons (Fsp3) is 0.333. The van der Waals surface area contributed by atoms with Crippen LogP contribution in [0.1, 0.15) is 23.2 Å². The third kappa shape index (κ3) is 4.70. The third-order valence-corrected chi connectivity index (χ3v) is 4.76. The molecule has 1 saturated heterocycles. The summed E-state index contributed by atoms with van der Waals surface area (Å²) in [6, 6.07) is 16.7. The van der Waals surface area contributed by atoms with Gasteiger partial charge < -0.3 is 10.1 Å². The van der Waals surface area contributed by atoms with E-state index in [1.54, 1.807) is 7.11 Å². The predicted molar refractivity (Wildman–Crippen MR) is 102 cm³/mol. The first-order valence-electron chi connectivity index (χ1n) is 8.91. The van der Waals surface area contributed by atoms with Crippen molar-refractivity contribution in [3.8, 4) is 5.75 Å². The van der Waals surface area contributed by atoms with Gasteiger partial charge in [-0.05, 0) is 62.3 Å². The molecule has 1 aliphatic rings. The molecule has 0 atom stereocenters. The Hall–Kier alpha value is -2.66. The maximum absolute atomic E-state index is 12.6. The number of rotatable bonds is 6. The number of nitrogens with zero attached hydrogens (tertiary/aromatic N) is 1. The molecule has 136 valence electrons. The van der Waals surface area contributed by atoms with Gasteiger partial charge in [0.2, 0.25) is 5.91 Å². The Morgan fingerprint density at radius 3 is 2.31 bits per heavy atom. The van der Waals surface area contributed by atoms with E-state index in [0.717, 1.165) is 42.9 Å². The molecule has 1 aliphatic heterocycles. The van der Waals surface area contributed by atoms with Gasteiger partial charge in [-0.1, -0.05) is 18.2 Å². The number of para-hydroxylation sites is 1. The van der Waals surface area contributed by atoms with Crippen molar-refractivity contribution in [2.75, 3.05) is 32.1 Å². The van der Waals surface area contributed by atoms with Crippen LogP contribution in [0.4, 0.5) is 5.69 Å². The van der Waals surface area contributed by atoms with E-state index >= 15 is 0 Å². The summed E-state index contributed by atoms with van der Waals surface area (Å²) in [5.74, 6) is 0.940. The van der Waals surface area contributed by atoms with Gasteiger partial charge in [0.05, 0.1) is 13.7 Å². The molecule has 26 heavy (non-hydrogen) atoms. The topological polar surface area (TPSA) is 58.6 Å². The van der Waals surface area contributed by atoms with Crippen molar-refractivity contribution >= 4 is 17.4 Å². The lowest BCUT2D eigenvalue weighted by atomic mass is 9.89. The summed E-state index contributed by atoms with van der Waals surface area (Å²) < 4.78 is 5.13. The van der Waals surface area contributed by atoms with Crippen LogP contribution >= 0.6 is 0 Å². The van der Waals surface area contributed by atoms with Crippen molar-refractivity contribution in [3.63, 3.8) is 0 Å². The van der Waals surface area contributed by atoms with Gasteiger partial charge in [0.1, 0.15) is 5.75 Å². The minimum atomic E-state index is -0.0175. The molecule has 0 bridgehead atoms. The van der Waals surface area contributed by atoms with Gasteiger partial charge in [-0.3, -0.25) is 14.5 Å². The van der Waals surface area contributed by atoms with Crippen LogP contribution in [-0.4, -0.2) is 43.3 Å². The monoisotopic (exact) mass is 352 g/mol. The summed E-state index contributed by atoms with van der Waals surface area (Å²) in [7, 11) is 1.61. The summed E-state index contributed by atoms with van der Waals surface area (Å²) in [5.41, 5.74) is 1.54. The molecule has 3 rings (SSSR count). The number of carbonyl (C=O) groups is 2. The molecule has 2 aromatic carbocycles. The zero-order valence-corrected chi connectivity index (χ0v) is 15.0. The van der Waals surface area contributed by atoms with Crippen LogP contribution in [0.2, 0.25) is 0 Å². The summed E-state index contributed by atoms with van der Waals surface area (Å²) in [4.78, 5) is 26.9. The second-order valence-corrected chi connectivity index (χ2v) is 6.56. The number of carbonyl (C=O) groups excluding carboxylic acids is 2. The van der Waals surface area contributed by atoms with Gasteiger partial charge in [0.25, 0.3) is 0 Å². The number of hydrogen-bond acceptors (Lipinski definition) is 4. The Morgan fingerprint density at radius 2 is 1.69 bits per heavy atom. The van der Waals surface area contributed by atoms with Crippen molar-refractivity contribution in [1.82, 2.24) is 4.90 Å². The zero-order valence-electron chi connectivity index (χ0n) is 15.0. The molecule has 0 spiro atoms. The van der Waals surface area contributed by atoms with Gasteiger partial charge in [-0.15, -0.1) is 0 Å². The molecule has 5 nitrogen and oxygen atoms in total. The molecule has 0 radical (unpaired) electrons. The van der Waals surface area contributed by atoms with E-state index in [1.807, 2.05) is 54.6 Å². The third-order valence-electron chi connectivity index (χ3n) is 4.76. The first kappa shape index (κ1) is 18.1. The molecule has 1 amide bonds. The Balaban J connectivity index is 1.47. The highest BCUT2D eigenvalue weighted by atomic mass is 16.5. The van der Waals surface area contributed by atoms with Gasteiger partial charge in [-0.25, -0.2) is 0 Å². The SMILES string of the molecule is COc1ccc(C(=O)C2CCN(CC(=O)Nc3ccccc3)CC2)cc1. The first-order chi connectivity index (χ1) is 12.7. The summed E-state index contributed by atoms with van der Waals surface area (Å²) in [6.45, 7) is 1.88. The number of anilines is 1. The number of ketones is 1. The second-order valence-electron chi connectivity index (χ2n) is 6.56. The Morgan fingerprint density at radius 1 is 1.04 bits per heavy atom. The number of Topliss-reactive ketones (excluding diaryl/α,β-unsaturated/α-hetero) is 1.